The highest BCUT2D eigenvalue weighted by Gasteiger charge is 2.09. The van der Waals surface area contributed by atoms with E-state index in [0.717, 1.165) is 41.5 Å². The minimum Gasteiger partial charge on any atom is -0.436 e. The first-order valence-corrected chi connectivity index (χ1v) is 8.34. The third-order valence-corrected chi connectivity index (χ3v) is 3.86. The summed E-state index contributed by atoms with van der Waals surface area (Å²) < 4.78 is 11.1. The predicted molar refractivity (Wildman–Crippen MR) is 94.0 cm³/mol. The summed E-state index contributed by atoms with van der Waals surface area (Å²) in [4.78, 5) is 16.2. The molecule has 4 nitrogen and oxygen atoms in total. The van der Waals surface area contributed by atoms with Gasteiger partial charge in [0, 0.05) is 12.0 Å². The Morgan fingerprint density at radius 1 is 1.12 bits per heavy atom. The van der Waals surface area contributed by atoms with Crippen LogP contribution in [0.1, 0.15) is 38.2 Å². The van der Waals surface area contributed by atoms with E-state index in [-0.39, 0.29) is 5.97 Å². The number of rotatable bonds is 6. The van der Waals surface area contributed by atoms with E-state index >= 15 is 0 Å². The van der Waals surface area contributed by atoms with E-state index in [1.165, 1.54) is 0 Å². The van der Waals surface area contributed by atoms with Crippen molar-refractivity contribution in [1.82, 2.24) is 4.98 Å². The Balaban J connectivity index is 1.70. The van der Waals surface area contributed by atoms with Crippen LogP contribution in [0.15, 0.2) is 46.9 Å². The van der Waals surface area contributed by atoms with Crippen molar-refractivity contribution in [2.45, 2.75) is 39.5 Å². The molecule has 0 fully saturated rings. The Hall–Kier alpha value is -2.62. The third-order valence-electron chi connectivity index (χ3n) is 3.86. The molecule has 0 aliphatic rings. The highest BCUT2D eigenvalue weighted by Crippen LogP contribution is 2.26. The van der Waals surface area contributed by atoms with Crippen molar-refractivity contribution >= 4 is 17.1 Å². The number of fused-ring (bicyclic) bond motifs is 1. The molecule has 1 aromatic heterocycles. The summed E-state index contributed by atoms with van der Waals surface area (Å²) in [5.41, 5.74) is 3.61. The van der Waals surface area contributed by atoms with Crippen LogP contribution in [-0.4, -0.2) is 11.0 Å². The number of nitrogens with zero attached hydrogens (tertiary/aromatic N) is 1. The molecule has 3 rings (SSSR count). The summed E-state index contributed by atoms with van der Waals surface area (Å²) in [6, 6.07) is 13.2. The molecule has 0 aliphatic carbocycles. The molecule has 0 unspecified atom stereocenters. The summed E-state index contributed by atoms with van der Waals surface area (Å²) >= 11 is 0. The quantitative estimate of drug-likeness (QED) is 0.351. The number of carbonyl (C=O) groups is 1. The lowest BCUT2D eigenvalue weighted by Gasteiger charge is -2.04. The molecule has 0 N–H and O–H groups in total. The van der Waals surface area contributed by atoms with Gasteiger partial charge < -0.3 is 9.15 Å². The van der Waals surface area contributed by atoms with E-state index in [4.69, 9.17) is 9.15 Å². The first kappa shape index (κ1) is 16.2. The van der Waals surface area contributed by atoms with E-state index in [9.17, 15) is 4.79 Å². The van der Waals surface area contributed by atoms with Crippen molar-refractivity contribution < 1.29 is 13.9 Å². The van der Waals surface area contributed by atoms with Crippen LogP contribution in [-0.2, 0) is 4.79 Å². The Labute approximate surface area is 141 Å². The topological polar surface area (TPSA) is 52.3 Å². The molecule has 0 amide bonds. The molecule has 1 heterocycles. The molecular formula is C20H21NO3. The molecular weight excluding hydrogens is 302 g/mol. The average molecular weight is 323 g/mol. The Bertz CT molecular complexity index is 834. The monoisotopic (exact) mass is 323 g/mol. The van der Waals surface area contributed by atoms with E-state index in [0.29, 0.717) is 18.1 Å². The number of hydrogen-bond acceptors (Lipinski definition) is 4. The van der Waals surface area contributed by atoms with Gasteiger partial charge in [-0.1, -0.05) is 25.8 Å². The zero-order valence-corrected chi connectivity index (χ0v) is 14.0. The minimum absolute atomic E-state index is 0.187. The second kappa shape index (κ2) is 7.30. The van der Waals surface area contributed by atoms with Gasteiger partial charge in [0.05, 0.1) is 0 Å². The van der Waals surface area contributed by atoms with Crippen LogP contribution in [0.3, 0.4) is 0 Å². The number of benzene rings is 2. The first-order chi connectivity index (χ1) is 11.7. The van der Waals surface area contributed by atoms with Crippen LogP contribution < -0.4 is 4.74 Å². The van der Waals surface area contributed by atoms with Gasteiger partial charge in [0.25, 0.3) is 0 Å². The fourth-order valence-corrected chi connectivity index (χ4v) is 2.53. The third kappa shape index (κ3) is 3.82. The minimum atomic E-state index is -0.187. The summed E-state index contributed by atoms with van der Waals surface area (Å²) in [6.07, 6.45) is 3.47. The van der Waals surface area contributed by atoms with Crippen molar-refractivity contribution in [3.05, 3.63) is 48.0 Å². The maximum atomic E-state index is 11.7. The van der Waals surface area contributed by atoms with E-state index < -0.39 is 0 Å². The standard InChI is InChI=1S/C20H21NO3/c1-3-4-5-6-19(22)23-16-10-8-15(9-11-16)20-21-17-13-14(2)7-12-18(17)24-20/h7-13H,3-6H2,1-2H3. The molecule has 0 spiro atoms. The van der Waals surface area contributed by atoms with Gasteiger partial charge in [-0.15, -0.1) is 0 Å². The fourth-order valence-electron chi connectivity index (χ4n) is 2.53. The highest BCUT2D eigenvalue weighted by atomic mass is 16.5. The van der Waals surface area contributed by atoms with Crippen molar-refractivity contribution in [3.63, 3.8) is 0 Å². The van der Waals surface area contributed by atoms with Gasteiger partial charge in [-0.3, -0.25) is 4.79 Å². The number of esters is 1. The average Bonchev–Trinajstić information content (AvgIpc) is 2.99. The van der Waals surface area contributed by atoms with Gasteiger partial charge in [0.2, 0.25) is 5.89 Å². The van der Waals surface area contributed by atoms with Crippen molar-refractivity contribution in [2.75, 3.05) is 0 Å². The summed E-state index contributed by atoms with van der Waals surface area (Å²) in [6.45, 7) is 4.13. The summed E-state index contributed by atoms with van der Waals surface area (Å²) in [5, 5.41) is 0. The normalized spacial score (nSPS) is 10.9. The van der Waals surface area contributed by atoms with E-state index in [1.54, 1.807) is 12.1 Å². The van der Waals surface area contributed by atoms with Crippen LogP contribution in [0.4, 0.5) is 0 Å². The number of aryl methyl sites for hydroxylation is 1. The molecule has 2 aromatic carbocycles. The zero-order valence-electron chi connectivity index (χ0n) is 14.0. The molecule has 4 heteroatoms. The van der Waals surface area contributed by atoms with Crippen molar-refractivity contribution in [1.29, 1.82) is 0 Å². The number of oxazole rings is 1. The molecule has 0 bridgehead atoms. The lowest BCUT2D eigenvalue weighted by atomic mass is 10.2. The molecule has 124 valence electrons. The molecule has 0 atom stereocenters. The summed E-state index contributed by atoms with van der Waals surface area (Å²) in [5.74, 6) is 0.928. The second-order valence-electron chi connectivity index (χ2n) is 5.95. The predicted octanol–water partition coefficient (Wildman–Crippen LogP) is 5.29. The van der Waals surface area contributed by atoms with Crippen LogP contribution >= 0.6 is 0 Å². The fraction of sp³-hybridized carbons (Fsp3) is 0.300. The van der Waals surface area contributed by atoms with Gasteiger partial charge in [-0.2, -0.15) is 0 Å². The number of ether oxygens (including phenoxy) is 1. The second-order valence-corrected chi connectivity index (χ2v) is 5.95. The van der Waals surface area contributed by atoms with Crippen LogP contribution in [0.25, 0.3) is 22.6 Å². The smallest absolute Gasteiger partial charge is 0.311 e. The molecule has 24 heavy (non-hydrogen) atoms. The first-order valence-electron chi connectivity index (χ1n) is 8.34. The van der Waals surface area contributed by atoms with Crippen LogP contribution in [0.5, 0.6) is 5.75 Å². The van der Waals surface area contributed by atoms with Crippen LogP contribution in [0.2, 0.25) is 0 Å². The van der Waals surface area contributed by atoms with E-state index in [2.05, 4.69) is 11.9 Å². The van der Waals surface area contributed by atoms with Crippen LogP contribution in [0, 0.1) is 6.92 Å². The van der Waals surface area contributed by atoms with Gasteiger partial charge in [-0.05, 0) is 55.3 Å². The van der Waals surface area contributed by atoms with Crippen molar-refractivity contribution in [3.8, 4) is 17.2 Å². The summed E-state index contributed by atoms with van der Waals surface area (Å²) in [7, 11) is 0. The Kier molecular flexibility index (Phi) is 4.94. The SMILES string of the molecule is CCCCCC(=O)Oc1ccc(-c2nc3cc(C)ccc3o2)cc1. The lowest BCUT2D eigenvalue weighted by Crippen LogP contribution is -2.07. The largest absolute Gasteiger partial charge is 0.436 e. The maximum Gasteiger partial charge on any atom is 0.311 e. The Morgan fingerprint density at radius 2 is 1.92 bits per heavy atom. The van der Waals surface area contributed by atoms with Gasteiger partial charge in [-0.25, -0.2) is 4.98 Å². The van der Waals surface area contributed by atoms with Gasteiger partial charge in [0.15, 0.2) is 5.58 Å². The molecule has 3 aromatic rings. The zero-order chi connectivity index (χ0) is 16.9. The van der Waals surface area contributed by atoms with Crippen molar-refractivity contribution in [2.24, 2.45) is 0 Å². The lowest BCUT2D eigenvalue weighted by molar-refractivity contribution is -0.134. The number of carbonyl (C=O) groups excluding carboxylic acids is 1. The maximum absolute atomic E-state index is 11.7. The molecule has 0 aliphatic heterocycles. The Morgan fingerprint density at radius 3 is 2.67 bits per heavy atom. The van der Waals surface area contributed by atoms with Gasteiger partial charge in [0.1, 0.15) is 11.3 Å². The number of aromatic nitrogens is 1. The molecule has 0 saturated heterocycles. The molecule has 0 saturated carbocycles. The highest BCUT2D eigenvalue weighted by molar-refractivity contribution is 5.77. The number of unbranched alkanes of at least 4 members (excludes halogenated alkanes) is 2. The van der Waals surface area contributed by atoms with Gasteiger partial charge >= 0.3 is 5.97 Å². The molecule has 0 radical (unpaired) electrons. The number of hydrogen-bond donors (Lipinski definition) is 0. The van der Waals surface area contributed by atoms with E-state index in [1.807, 2.05) is 37.3 Å².